The highest BCUT2D eigenvalue weighted by Crippen LogP contribution is 2.38. The van der Waals surface area contributed by atoms with Crippen molar-refractivity contribution in [2.24, 2.45) is 0 Å². The fourth-order valence-electron chi connectivity index (χ4n) is 2.59. The molecule has 0 heterocycles. The fourth-order valence-corrected chi connectivity index (χ4v) is 4.11. The van der Waals surface area contributed by atoms with E-state index >= 15 is 0 Å². The fraction of sp³-hybridized carbons (Fsp3) is 0.300. The molecule has 0 saturated heterocycles. The molecule has 0 aliphatic carbocycles. The third-order valence-corrected chi connectivity index (χ3v) is 5.83. The molecule has 0 spiro atoms. The summed E-state index contributed by atoms with van der Waals surface area (Å²) in [6.07, 6.45) is -2.82. The lowest BCUT2D eigenvalue weighted by molar-refractivity contribution is -0.137. The molecule has 0 radical (unpaired) electrons. The second-order valence-corrected chi connectivity index (χ2v) is 8.10. The Kier molecular flexibility index (Phi) is 7.12. The van der Waals surface area contributed by atoms with Gasteiger partial charge in [0, 0.05) is 0 Å². The first-order chi connectivity index (χ1) is 13.2. The summed E-state index contributed by atoms with van der Waals surface area (Å²) in [6.45, 7) is 5.20. The Morgan fingerprint density at radius 1 is 1.14 bits per heavy atom. The third kappa shape index (κ3) is 5.51. The third-order valence-electron chi connectivity index (χ3n) is 3.89. The zero-order chi connectivity index (χ0) is 20.8. The van der Waals surface area contributed by atoms with Gasteiger partial charge in [0.1, 0.15) is 12.4 Å². The number of halogens is 3. The summed E-state index contributed by atoms with van der Waals surface area (Å²) < 4.78 is 71.4. The van der Waals surface area contributed by atoms with Crippen LogP contribution >= 0.6 is 0 Å². The lowest BCUT2D eigenvalue weighted by Gasteiger charge is -2.26. The molecule has 0 saturated carbocycles. The van der Waals surface area contributed by atoms with Gasteiger partial charge in [-0.2, -0.15) is 13.2 Å². The van der Waals surface area contributed by atoms with Crippen LogP contribution < -0.4 is 9.04 Å². The van der Waals surface area contributed by atoms with Gasteiger partial charge in [0.2, 0.25) is 10.0 Å². The van der Waals surface area contributed by atoms with Crippen LogP contribution in [0.15, 0.2) is 61.2 Å². The van der Waals surface area contributed by atoms with Crippen molar-refractivity contribution < 1.29 is 26.3 Å². The summed E-state index contributed by atoms with van der Waals surface area (Å²) in [5, 5.41) is 0. The molecule has 0 fully saturated rings. The van der Waals surface area contributed by atoms with Crippen molar-refractivity contribution >= 4 is 15.7 Å². The van der Waals surface area contributed by atoms with E-state index in [1.54, 1.807) is 31.2 Å². The Morgan fingerprint density at radius 2 is 1.82 bits per heavy atom. The molecule has 4 nitrogen and oxygen atoms in total. The minimum absolute atomic E-state index is 0.00487. The van der Waals surface area contributed by atoms with Crippen LogP contribution in [-0.4, -0.2) is 20.7 Å². The lowest BCUT2D eigenvalue weighted by Crippen LogP contribution is -2.33. The molecule has 2 rings (SSSR count). The summed E-state index contributed by atoms with van der Waals surface area (Å²) in [7, 11) is -3.74. The second-order valence-electron chi connectivity index (χ2n) is 6.09. The minimum Gasteiger partial charge on any atom is -0.487 e. The van der Waals surface area contributed by atoms with Crippen molar-refractivity contribution in [2.75, 3.05) is 16.6 Å². The van der Waals surface area contributed by atoms with Crippen LogP contribution in [0.4, 0.5) is 18.9 Å². The van der Waals surface area contributed by atoms with Gasteiger partial charge in [-0.25, -0.2) is 8.42 Å². The van der Waals surface area contributed by atoms with Gasteiger partial charge in [0.25, 0.3) is 0 Å². The van der Waals surface area contributed by atoms with E-state index in [4.69, 9.17) is 4.74 Å². The first-order valence-corrected chi connectivity index (χ1v) is 10.3. The zero-order valence-corrected chi connectivity index (χ0v) is 16.3. The maximum absolute atomic E-state index is 13.2. The number of hydrogen-bond acceptors (Lipinski definition) is 3. The predicted octanol–water partition coefficient (Wildman–Crippen LogP) is 5.02. The summed E-state index contributed by atoms with van der Waals surface area (Å²) >= 11 is 0. The highest BCUT2D eigenvalue weighted by atomic mass is 32.2. The molecule has 0 bridgehead atoms. The first kappa shape index (κ1) is 21.8. The van der Waals surface area contributed by atoms with Crippen molar-refractivity contribution in [1.29, 1.82) is 0 Å². The Labute approximate surface area is 163 Å². The maximum Gasteiger partial charge on any atom is 0.416 e. The van der Waals surface area contributed by atoms with Crippen LogP contribution in [0, 0.1) is 0 Å². The number of anilines is 1. The highest BCUT2D eigenvalue weighted by Gasteiger charge is 2.33. The van der Waals surface area contributed by atoms with Gasteiger partial charge in [-0.05, 0) is 30.2 Å². The molecule has 0 aliphatic rings. The van der Waals surface area contributed by atoms with Crippen molar-refractivity contribution in [3.8, 4) is 5.75 Å². The molecule has 0 aromatic heterocycles. The average molecular weight is 413 g/mol. The normalized spacial score (nSPS) is 11.9. The van der Waals surface area contributed by atoms with Crippen LogP contribution in [0.5, 0.6) is 5.75 Å². The maximum atomic E-state index is 13.2. The summed E-state index contributed by atoms with van der Waals surface area (Å²) in [4.78, 5) is 0. The Morgan fingerprint density at radius 3 is 2.39 bits per heavy atom. The number of sulfonamides is 1. The minimum atomic E-state index is -4.57. The van der Waals surface area contributed by atoms with Crippen LogP contribution in [0.3, 0.4) is 0 Å². The summed E-state index contributed by atoms with van der Waals surface area (Å²) in [5.41, 5.74) is -0.111. The average Bonchev–Trinajstić information content (AvgIpc) is 2.64. The smallest absolute Gasteiger partial charge is 0.416 e. The molecule has 2 aromatic carbocycles. The number of rotatable bonds is 9. The molecule has 0 N–H and O–H groups in total. The number of ether oxygens (including phenoxy) is 1. The molecule has 152 valence electrons. The van der Waals surface area contributed by atoms with Crippen LogP contribution in [0.2, 0.25) is 0 Å². The molecular weight excluding hydrogens is 391 g/mol. The molecular formula is C20H22F3NO3S. The van der Waals surface area contributed by atoms with Crippen molar-refractivity contribution in [3.63, 3.8) is 0 Å². The van der Waals surface area contributed by atoms with Crippen molar-refractivity contribution in [2.45, 2.75) is 26.1 Å². The number of alkyl halides is 3. The van der Waals surface area contributed by atoms with E-state index < -0.39 is 21.8 Å². The lowest BCUT2D eigenvalue weighted by atomic mass is 10.1. The Balaban J connectivity index is 2.49. The van der Waals surface area contributed by atoms with Crippen LogP contribution in [0.25, 0.3) is 0 Å². The van der Waals surface area contributed by atoms with E-state index in [2.05, 4.69) is 6.58 Å². The molecule has 0 unspecified atom stereocenters. The quantitative estimate of drug-likeness (QED) is 0.543. The van der Waals surface area contributed by atoms with Gasteiger partial charge in [0.15, 0.2) is 0 Å². The second kappa shape index (κ2) is 9.14. The van der Waals surface area contributed by atoms with Crippen LogP contribution in [-0.2, 0) is 22.8 Å². The predicted molar refractivity (Wildman–Crippen MR) is 104 cm³/mol. The largest absolute Gasteiger partial charge is 0.487 e. The van der Waals surface area contributed by atoms with Gasteiger partial charge < -0.3 is 4.74 Å². The van der Waals surface area contributed by atoms with Gasteiger partial charge in [-0.1, -0.05) is 43.3 Å². The van der Waals surface area contributed by atoms with Gasteiger partial charge >= 0.3 is 6.18 Å². The van der Waals surface area contributed by atoms with Gasteiger partial charge in [-0.15, -0.1) is 6.58 Å². The van der Waals surface area contributed by atoms with E-state index in [1.807, 2.05) is 6.07 Å². The van der Waals surface area contributed by atoms with Gasteiger partial charge in [-0.3, -0.25) is 4.31 Å². The van der Waals surface area contributed by atoms with E-state index in [-0.39, 0.29) is 30.3 Å². The summed E-state index contributed by atoms with van der Waals surface area (Å²) in [5.74, 6) is -0.291. The SMILES string of the molecule is C=CCN(c1ccc(C(F)(F)F)cc1OCc1ccccc1)S(=O)(=O)CCC. The molecule has 8 heteroatoms. The highest BCUT2D eigenvalue weighted by molar-refractivity contribution is 7.92. The van der Waals surface area contributed by atoms with Gasteiger partial charge in [0.05, 0.1) is 23.5 Å². The summed E-state index contributed by atoms with van der Waals surface area (Å²) in [6, 6.07) is 11.7. The molecule has 0 amide bonds. The molecule has 28 heavy (non-hydrogen) atoms. The zero-order valence-electron chi connectivity index (χ0n) is 15.4. The van der Waals surface area contributed by atoms with Crippen molar-refractivity contribution in [3.05, 3.63) is 72.3 Å². The van der Waals surface area contributed by atoms with E-state index in [1.165, 1.54) is 6.08 Å². The number of nitrogens with zero attached hydrogens (tertiary/aromatic N) is 1. The van der Waals surface area contributed by atoms with Crippen LogP contribution in [0.1, 0.15) is 24.5 Å². The van der Waals surface area contributed by atoms with E-state index in [0.717, 1.165) is 28.1 Å². The molecule has 0 atom stereocenters. The number of benzene rings is 2. The standard InChI is InChI=1S/C20H22F3NO3S/c1-3-12-24(28(25,26)13-4-2)18-11-10-17(20(21,22)23)14-19(18)27-15-16-8-6-5-7-9-16/h3,5-11,14H,1,4,12-13,15H2,2H3. The topological polar surface area (TPSA) is 46.6 Å². The van der Waals surface area contributed by atoms with Crippen molar-refractivity contribution in [1.82, 2.24) is 0 Å². The Hall–Kier alpha value is -2.48. The molecule has 2 aromatic rings. The Bertz CT molecular complexity index is 897. The van der Waals surface area contributed by atoms with E-state index in [9.17, 15) is 21.6 Å². The number of hydrogen-bond donors (Lipinski definition) is 0. The van der Waals surface area contributed by atoms with E-state index in [0.29, 0.717) is 6.42 Å². The first-order valence-electron chi connectivity index (χ1n) is 8.68. The molecule has 0 aliphatic heterocycles. The monoisotopic (exact) mass is 413 g/mol.